The molecule has 4 rings (SSSR count). The molecule has 0 radical (unpaired) electrons. The number of carbonyl (C=O) groups is 1. The molecule has 1 aromatic heterocycles. The maximum atomic E-state index is 13.9. The fourth-order valence-electron chi connectivity index (χ4n) is 2.87. The average molecular weight is 389 g/mol. The number of halogens is 3. The van der Waals surface area contributed by atoms with Crippen molar-refractivity contribution in [2.75, 3.05) is 0 Å². The summed E-state index contributed by atoms with van der Waals surface area (Å²) in [5.74, 6) is -4.17. The second-order valence-corrected chi connectivity index (χ2v) is 6.78. The van der Waals surface area contributed by atoms with Crippen LogP contribution in [0.3, 0.4) is 0 Å². The Morgan fingerprint density at radius 1 is 1.11 bits per heavy atom. The molecule has 2 aromatic carbocycles. The highest BCUT2D eigenvalue weighted by molar-refractivity contribution is 5.98. The second kappa shape index (κ2) is 6.36. The van der Waals surface area contributed by atoms with Crippen LogP contribution in [0.2, 0.25) is 0 Å². The number of carbonyl (C=O) groups excluding carboxylic acids is 1. The summed E-state index contributed by atoms with van der Waals surface area (Å²) in [5.41, 5.74) is 0.575. The van der Waals surface area contributed by atoms with Gasteiger partial charge in [-0.1, -0.05) is 0 Å². The molecular formula is C19H14F3N3O3. The topological polar surface area (TPSA) is 77.3 Å². The van der Waals surface area contributed by atoms with Gasteiger partial charge in [0.05, 0.1) is 0 Å². The van der Waals surface area contributed by atoms with Gasteiger partial charge in [0, 0.05) is 29.8 Å². The molecule has 0 unspecified atom stereocenters. The molecule has 0 aliphatic carbocycles. The van der Waals surface area contributed by atoms with Crippen LogP contribution in [-0.2, 0) is 12.1 Å². The van der Waals surface area contributed by atoms with Gasteiger partial charge in [-0.25, -0.2) is 13.2 Å². The number of amides is 1. The summed E-state index contributed by atoms with van der Waals surface area (Å²) in [6, 6.07) is 6.11. The van der Waals surface area contributed by atoms with Crippen molar-refractivity contribution in [3.8, 4) is 17.2 Å². The van der Waals surface area contributed by atoms with E-state index in [1.165, 1.54) is 13.8 Å². The van der Waals surface area contributed by atoms with E-state index in [0.717, 1.165) is 5.56 Å². The predicted molar refractivity (Wildman–Crippen MR) is 90.9 cm³/mol. The molecule has 0 saturated carbocycles. The van der Waals surface area contributed by atoms with Gasteiger partial charge in [0.25, 0.3) is 11.8 Å². The summed E-state index contributed by atoms with van der Waals surface area (Å²) in [6.07, 6.45) is 0. The van der Waals surface area contributed by atoms with Crippen LogP contribution in [0.4, 0.5) is 13.2 Å². The summed E-state index contributed by atoms with van der Waals surface area (Å²) in [6.45, 7) is 3.37. The van der Waals surface area contributed by atoms with Crippen molar-refractivity contribution in [1.82, 2.24) is 15.5 Å². The fraction of sp³-hybridized carbons (Fsp3) is 0.211. The zero-order valence-electron chi connectivity index (χ0n) is 14.8. The maximum Gasteiger partial charge on any atom is 0.259 e. The summed E-state index contributed by atoms with van der Waals surface area (Å²) in [4.78, 5) is 11.6. The molecule has 6 nitrogen and oxygen atoms in total. The summed E-state index contributed by atoms with van der Waals surface area (Å²) >= 11 is 0. The number of fused-ring (bicyclic) bond motifs is 1. The van der Waals surface area contributed by atoms with Crippen molar-refractivity contribution < 1.29 is 27.1 Å². The van der Waals surface area contributed by atoms with Gasteiger partial charge in [-0.05, 0) is 37.6 Å². The van der Waals surface area contributed by atoms with Gasteiger partial charge in [0.2, 0.25) is 5.89 Å². The predicted octanol–water partition coefficient (Wildman–Crippen LogP) is 3.71. The van der Waals surface area contributed by atoms with E-state index in [0.29, 0.717) is 29.8 Å². The zero-order valence-corrected chi connectivity index (χ0v) is 14.8. The van der Waals surface area contributed by atoms with E-state index in [1.54, 1.807) is 18.2 Å². The molecular weight excluding hydrogens is 375 g/mol. The first-order valence-corrected chi connectivity index (χ1v) is 8.33. The lowest BCUT2D eigenvalue weighted by atomic mass is 10.1. The maximum absolute atomic E-state index is 13.9. The van der Waals surface area contributed by atoms with Gasteiger partial charge in [-0.15, -0.1) is 10.2 Å². The Morgan fingerprint density at radius 2 is 1.82 bits per heavy atom. The minimum absolute atomic E-state index is 0.0275. The normalized spacial score (nSPS) is 13.4. The summed E-state index contributed by atoms with van der Waals surface area (Å²) in [5, 5.41) is 10.6. The Bertz CT molecular complexity index is 1070. The Morgan fingerprint density at radius 3 is 2.54 bits per heavy atom. The molecule has 1 amide bonds. The SMILES string of the molecule is CC(C)(Oc1c(F)cc(F)cc1F)c1nnc(-c2ccc3c(c2)CNC3=O)o1. The van der Waals surface area contributed by atoms with E-state index in [-0.39, 0.29) is 17.7 Å². The van der Waals surface area contributed by atoms with Crippen LogP contribution in [0.15, 0.2) is 34.7 Å². The Labute approximate surface area is 157 Å². The van der Waals surface area contributed by atoms with Crippen LogP contribution in [-0.4, -0.2) is 16.1 Å². The van der Waals surface area contributed by atoms with Crippen LogP contribution in [0, 0.1) is 17.5 Å². The molecule has 0 saturated heterocycles. The number of rotatable bonds is 4. The second-order valence-electron chi connectivity index (χ2n) is 6.78. The van der Waals surface area contributed by atoms with Gasteiger partial charge >= 0.3 is 0 Å². The molecule has 1 aliphatic heterocycles. The fourth-order valence-corrected chi connectivity index (χ4v) is 2.87. The van der Waals surface area contributed by atoms with E-state index in [1.807, 2.05) is 0 Å². The number of benzene rings is 2. The van der Waals surface area contributed by atoms with Crippen LogP contribution >= 0.6 is 0 Å². The molecule has 3 aromatic rings. The van der Waals surface area contributed by atoms with Crippen LogP contribution < -0.4 is 10.1 Å². The van der Waals surface area contributed by atoms with E-state index < -0.39 is 28.8 Å². The Hall–Kier alpha value is -3.36. The van der Waals surface area contributed by atoms with Gasteiger partial charge in [0.1, 0.15) is 5.82 Å². The van der Waals surface area contributed by atoms with Crippen molar-refractivity contribution in [1.29, 1.82) is 0 Å². The molecule has 0 fully saturated rings. The van der Waals surface area contributed by atoms with Crippen molar-refractivity contribution >= 4 is 5.91 Å². The molecule has 1 aliphatic rings. The lowest BCUT2D eigenvalue weighted by Gasteiger charge is -2.23. The lowest BCUT2D eigenvalue weighted by Crippen LogP contribution is -2.27. The van der Waals surface area contributed by atoms with Crippen molar-refractivity contribution in [3.05, 3.63) is 64.8 Å². The van der Waals surface area contributed by atoms with E-state index in [4.69, 9.17) is 9.15 Å². The number of aromatic nitrogens is 2. The third-order valence-corrected chi connectivity index (χ3v) is 4.30. The smallest absolute Gasteiger partial charge is 0.259 e. The van der Waals surface area contributed by atoms with E-state index >= 15 is 0 Å². The van der Waals surface area contributed by atoms with Crippen molar-refractivity contribution in [2.45, 2.75) is 26.0 Å². The average Bonchev–Trinajstić information content (AvgIpc) is 3.26. The number of nitrogens with one attached hydrogen (secondary N) is 1. The number of hydrogen-bond donors (Lipinski definition) is 1. The minimum atomic E-state index is -1.39. The van der Waals surface area contributed by atoms with Gasteiger partial charge in [-0.2, -0.15) is 0 Å². The number of ether oxygens (including phenoxy) is 1. The first kappa shape index (κ1) is 18.0. The minimum Gasteiger partial charge on any atom is -0.472 e. The highest BCUT2D eigenvalue weighted by Crippen LogP contribution is 2.33. The first-order valence-electron chi connectivity index (χ1n) is 8.33. The van der Waals surface area contributed by atoms with Crippen molar-refractivity contribution in [2.24, 2.45) is 0 Å². The standard InChI is InChI=1S/C19H14F3N3O3/c1-19(2,28-15-13(21)6-11(20)7-14(15)22)18-25-24-17(27-18)9-3-4-12-10(5-9)8-23-16(12)26/h3-7H,8H2,1-2H3,(H,23,26). The quantitative estimate of drug-likeness (QED) is 0.736. The third kappa shape index (κ3) is 3.08. The van der Waals surface area contributed by atoms with Gasteiger partial charge in [-0.3, -0.25) is 4.79 Å². The number of hydrogen-bond acceptors (Lipinski definition) is 5. The monoisotopic (exact) mass is 389 g/mol. The lowest BCUT2D eigenvalue weighted by molar-refractivity contribution is 0.0668. The van der Waals surface area contributed by atoms with Gasteiger partial charge in [0.15, 0.2) is 23.0 Å². The Balaban J connectivity index is 1.63. The highest BCUT2D eigenvalue weighted by atomic mass is 19.1. The zero-order chi connectivity index (χ0) is 20.1. The molecule has 0 spiro atoms. The molecule has 2 heterocycles. The van der Waals surface area contributed by atoms with Crippen LogP contribution in [0.5, 0.6) is 5.75 Å². The summed E-state index contributed by atoms with van der Waals surface area (Å²) in [7, 11) is 0. The van der Waals surface area contributed by atoms with E-state index in [9.17, 15) is 18.0 Å². The third-order valence-electron chi connectivity index (χ3n) is 4.30. The summed E-state index contributed by atoms with van der Waals surface area (Å²) < 4.78 is 51.8. The van der Waals surface area contributed by atoms with Gasteiger partial charge < -0.3 is 14.5 Å². The molecule has 144 valence electrons. The first-order chi connectivity index (χ1) is 13.2. The molecule has 1 N–H and O–H groups in total. The Kier molecular flexibility index (Phi) is 4.10. The highest BCUT2D eigenvalue weighted by Gasteiger charge is 2.33. The van der Waals surface area contributed by atoms with E-state index in [2.05, 4.69) is 15.5 Å². The molecule has 0 atom stereocenters. The number of nitrogens with zero attached hydrogens (tertiary/aromatic N) is 2. The van der Waals surface area contributed by atoms with Crippen molar-refractivity contribution in [3.63, 3.8) is 0 Å². The van der Waals surface area contributed by atoms with Crippen LogP contribution in [0.25, 0.3) is 11.5 Å². The van der Waals surface area contributed by atoms with Crippen LogP contribution in [0.1, 0.15) is 35.7 Å². The molecule has 9 heteroatoms. The largest absolute Gasteiger partial charge is 0.472 e. The molecule has 28 heavy (non-hydrogen) atoms. The molecule has 0 bridgehead atoms.